The quantitative estimate of drug-likeness (QED) is 0.811. The van der Waals surface area contributed by atoms with Crippen LogP contribution in [0.3, 0.4) is 0 Å². The van der Waals surface area contributed by atoms with Gasteiger partial charge in [0.1, 0.15) is 11.9 Å². The van der Waals surface area contributed by atoms with Crippen molar-refractivity contribution in [2.75, 3.05) is 5.75 Å². The molecule has 0 saturated carbocycles. The maximum absolute atomic E-state index is 10.5. The molecule has 0 fully saturated rings. The first kappa shape index (κ1) is 9.40. The summed E-state index contributed by atoms with van der Waals surface area (Å²) in [5.41, 5.74) is 0. The van der Waals surface area contributed by atoms with Gasteiger partial charge in [0, 0.05) is 10.6 Å². The number of carbonyl (C=O) groups is 1. The highest BCUT2D eigenvalue weighted by molar-refractivity contribution is 7.99. The van der Waals surface area contributed by atoms with Crippen molar-refractivity contribution in [3.05, 3.63) is 24.3 Å². The van der Waals surface area contributed by atoms with Gasteiger partial charge in [-0.2, -0.15) is 0 Å². The molecule has 1 atom stereocenters. The zero-order chi connectivity index (χ0) is 9.97. The summed E-state index contributed by atoms with van der Waals surface area (Å²) in [6.45, 7) is 0. The second-order valence-electron chi connectivity index (χ2n) is 3.10. The fraction of sp³-hybridized carbons (Fsp3) is 0.300. The maximum Gasteiger partial charge on any atom is 0.307 e. The smallest absolute Gasteiger partial charge is 0.307 e. The summed E-state index contributed by atoms with van der Waals surface area (Å²) >= 11 is 1.65. The first-order valence-corrected chi connectivity index (χ1v) is 5.34. The van der Waals surface area contributed by atoms with Gasteiger partial charge < -0.3 is 9.84 Å². The van der Waals surface area contributed by atoms with E-state index >= 15 is 0 Å². The lowest BCUT2D eigenvalue weighted by atomic mass is 10.2. The Kier molecular flexibility index (Phi) is 2.63. The lowest BCUT2D eigenvalue weighted by Gasteiger charge is -2.24. The standard InChI is InChI=1S/C10H10O3S/c11-10(12)5-7-6-14-9-4-2-1-3-8(9)13-7/h1-4,7H,5-6H2,(H,11,12). The van der Waals surface area contributed by atoms with Crippen LogP contribution in [-0.2, 0) is 4.79 Å². The van der Waals surface area contributed by atoms with Gasteiger partial charge in [0.2, 0.25) is 0 Å². The molecule has 0 spiro atoms. The van der Waals surface area contributed by atoms with E-state index in [0.717, 1.165) is 10.6 Å². The average molecular weight is 210 g/mol. The third-order valence-corrected chi connectivity index (χ3v) is 3.16. The molecule has 1 aromatic rings. The molecule has 1 aliphatic rings. The van der Waals surface area contributed by atoms with Gasteiger partial charge in [-0.3, -0.25) is 4.79 Å². The van der Waals surface area contributed by atoms with Crippen LogP contribution < -0.4 is 4.74 Å². The van der Waals surface area contributed by atoms with Crippen molar-refractivity contribution < 1.29 is 14.6 Å². The van der Waals surface area contributed by atoms with Crippen LogP contribution in [0.25, 0.3) is 0 Å². The predicted octanol–water partition coefficient (Wildman–Crippen LogP) is 2.01. The Hall–Kier alpha value is -1.16. The van der Waals surface area contributed by atoms with Gasteiger partial charge in [-0.1, -0.05) is 12.1 Å². The van der Waals surface area contributed by atoms with E-state index < -0.39 is 5.97 Å². The molecule has 1 heterocycles. The largest absolute Gasteiger partial charge is 0.488 e. The van der Waals surface area contributed by atoms with E-state index in [1.807, 2.05) is 24.3 Å². The van der Waals surface area contributed by atoms with Gasteiger partial charge in [0.25, 0.3) is 0 Å². The summed E-state index contributed by atoms with van der Waals surface area (Å²) in [7, 11) is 0. The van der Waals surface area contributed by atoms with Crippen molar-refractivity contribution in [1.82, 2.24) is 0 Å². The van der Waals surface area contributed by atoms with Gasteiger partial charge in [0.15, 0.2) is 0 Å². The SMILES string of the molecule is O=C(O)CC1CSc2ccccc2O1. The second kappa shape index (κ2) is 3.92. The van der Waals surface area contributed by atoms with Crippen LogP contribution in [0.5, 0.6) is 5.75 Å². The van der Waals surface area contributed by atoms with Crippen LogP contribution in [0.15, 0.2) is 29.2 Å². The van der Waals surface area contributed by atoms with Gasteiger partial charge in [-0.25, -0.2) is 0 Å². The van der Waals surface area contributed by atoms with Crippen LogP contribution in [0.4, 0.5) is 0 Å². The highest BCUT2D eigenvalue weighted by Gasteiger charge is 2.21. The number of benzene rings is 1. The number of carboxylic acid groups (broad SMARTS) is 1. The van der Waals surface area contributed by atoms with Crippen LogP contribution in [0.2, 0.25) is 0 Å². The molecule has 0 aromatic heterocycles. The fourth-order valence-corrected chi connectivity index (χ4v) is 2.34. The number of rotatable bonds is 2. The number of carboxylic acids is 1. The van der Waals surface area contributed by atoms with Crippen LogP contribution in [-0.4, -0.2) is 22.9 Å². The van der Waals surface area contributed by atoms with Gasteiger partial charge >= 0.3 is 5.97 Å². The molecule has 2 rings (SSSR count). The Morgan fingerprint density at radius 2 is 2.36 bits per heavy atom. The molecule has 0 aliphatic carbocycles. The van der Waals surface area contributed by atoms with Crippen molar-refractivity contribution in [2.45, 2.75) is 17.4 Å². The average Bonchev–Trinajstić information content (AvgIpc) is 2.17. The molecule has 0 saturated heterocycles. The van der Waals surface area contributed by atoms with E-state index in [-0.39, 0.29) is 12.5 Å². The minimum absolute atomic E-state index is 0.0708. The lowest BCUT2D eigenvalue weighted by molar-refractivity contribution is -0.138. The number of hydrogen-bond acceptors (Lipinski definition) is 3. The molecule has 1 unspecified atom stereocenters. The predicted molar refractivity (Wildman–Crippen MR) is 53.8 cm³/mol. The molecule has 1 aliphatic heterocycles. The summed E-state index contributed by atoms with van der Waals surface area (Å²) in [5.74, 6) is 0.702. The van der Waals surface area contributed by atoms with E-state index in [2.05, 4.69) is 0 Å². The van der Waals surface area contributed by atoms with Crippen LogP contribution in [0.1, 0.15) is 6.42 Å². The minimum Gasteiger partial charge on any atom is -0.488 e. The highest BCUT2D eigenvalue weighted by Crippen LogP contribution is 2.35. The van der Waals surface area contributed by atoms with Gasteiger partial charge in [-0.15, -0.1) is 11.8 Å². The number of ether oxygens (including phenoxy) is 1. The normalized spacial score (nSPS) is 19.6. The van der Waals surface area contributed by atoms with E-state index in [4.69, 9.17) is 9.84 Å². The summed E-state index contributed by atoms with van der Waals surface area (Å²) in [6, 6.07) is 7.70. The molecule has 1 N–H and O–H groups in total. The van der Waals surface area contributed by atoms with Crippen molar-refractivity contribution in [3.8, 4) is 5.75 Å². The van der Waals surface area contributed by atoms with E-state index in [1.54, 1.807) is 11.8 Å². The first-order valence-electron chi connectivity index (χ1n) is 4.36. The van der Waals surface area contributed by atoms with Crippen molar-refractivity contribution in [3.63, 3.8) is 0 Å². The zero-order valence-electron chi connectivity index (χ0n) is 7.47. The third-order valence-electron chi connectivity index (χ3n) is 1.97. The molecule has 14 heavy (non-hydrogen) atoms. The van der Waals surface area contributed by atoms with Gasteiger partial charge in [-0.05, 0) is 12.1 Å². The second-order valence-corrected chi connectivity index (χ2v) is 4.16. The minimum atomic E-state index is -0.810. The van der Waals surface area contributed by atoms with Crippen LogP contribution >= 0.6 is 11.8 Å². The molecular formula is C10H10O3S. The summed E-state index contributed by atoms with van der Waals surface area (Å²) in [4.78, 5) is 11.6. The Labute approximate surface area is 86.1 Å². The topological polar surface area (TPSA) is 46.5 Å². The summed E-state index contributed by atoms with van der Waals surface area (Å²) < 4.78 is 5.54. The van der Waals surface area contributed by atoms with E-state index in [9.17, 15) is 4.79 Å². The molecule has 0 amide bonds. The van der Waals surface area contributed by atoms with Crippen molar-refractivity contribution in [1.29, 1.82) is 0 Å². The van der Waals surface area contributed by atoms with Crippen molar-refractivity contribution in [2.24, 2.45) is 0 Å². The molecule has 4 heteroatoms. The zero-order valence-corrected chi connectivity index (χ0v) is 8.29. The number of thioether (sulfide) groups is 1. The Bertz CT molecular complexity index is 351. The third kappa shape index (κ3) is 2.01. The molecule has 1 aromatic carbocycles. The van der Waals surface area contributed by atoms with E-state index in [1.165, 1.54) is 0 Å². The number of para-hydroxylation sites is 1. The maximum atomic E-state index is 10.5. The monoisotopic (exact) mass is 210 g/mol. The first-order chi connectivity index (χ1) is 6.75. The van der Waals surface area contributed by atoms with Crippen molar-refractivity contribution >= 4 is 17.7 Å². The summed E-state index contributed by atoms with van der Waals surface area (Å²) in [5, 5.41) is 8.62. The number of fused-ring (bicyclic) bond motifs is 1. The Balaban J connectivity index is 2.09. The molecule has 0 bridgehead atoms. The molecular weight excluding hydrogens is 200 g/mol. The lowest BCUT2D eigenvalue weighted by Crippen LogP contribution is -2.26. The molecule has 3 nitrogen and oxygen atoms in total. The number of aliphatic carboxylic acids is 1. The fourth-order valence-electron chi connectivity index (χ4n) is 1.36. The van der Waals surface area contributed by atoms with E-state index in [0.29, 0.717) is 5.75 Å². The highest BCUT2D eigenvalue weighted by atomic mass is 32.2. The van der Waals surface area contributed by atoms with Crippen LogP contribution in [0, 0.1) is 0 Å². The molecule has 74 valence electrons. The molecule has 0 radical (unpaired) electrons. The Morgan fingerprint density at radius 1 is 1.57 bits per heavy atom. The Morgan fingerprint density at radius 3 is 3.14 bits per heavy atom. The number of hydrogen-bond donors (Lipinski definition) is 1. The van der Waals surface area contributed by atoms with Gasteiger partial charge in [0.05, 0.1) is 6.42 Å². The summed E-state index contributed by atoms with van der Waals surface area (Å²) in [6.07, 6.45) is -0.131.